The molecule has 0 bridgehead atoms. The summed E-state index contributed by atoms with van der Waals surface area (Å²) < 4.78 is 20.5. The maximum atomic E-state index is 13.7. The first-order valence-electron chi connectivity index (χ1n) is 13.2. The Morgan fingerprint density at radius 2 is 2.00 bits per heavy atom. The SMILES string of the molecule is O=C(Nc1nc2ccc(-c3cnc(CO[C@H]4CCC[C@@H]4O)nc3)cc2s1)C1CC(N2CCC[C@H](F)C2)C1. The van der Waals surface area contributed by atoms with E-state index in [-0.39, 0.29) is 24.5 Å². The van der Waals surface area contributed by atoms with E-state index in [1.165, 1.54) is 11.3 Å². The third kappa shape index (κ3) is 5.52. The smallest absolute Gasteiger partial charge is 0.229 e. The van der Waals surface area contributed by atoms with Crippen molar-refractivity contribution in [2.45, 2.75) is 76.0 Å². The molecule has 1 saturated heterocycles. The Morgan fingerprint density at radius 3 is 2.76 bits per heavy atom. The Labute approximate surface area is 219 Å². The van der Waals surface area contributed by atoms with Gasteiger partial charge in [0, 0.05) is 36.5 Å². The fourth-order valence-corrected chi connectivity index (χ4v) is 6.52. The maximum absolute atomic E-state index is 13.7. The van der Waals surface area contributed by atoms with E-state index in [0.717, 1.165) is 66.4 Å². The summed E-state index contributed by atoms with van der Waals surface area (Å²) in [5.41, 5.74) is 2.69. The molecule has 196 valence electrons. The molecule has 6 rings (SSSR count). The molecule has 37 heavy (non-hydrogen) atoms. The summed E-state index contributed by atoms with van der Waals surface area (Å²) >= 11 is 1.45. The highest BCUT2D eigenvalue weighted by Crippen LogP contribution is 2.36. The first-order valence-corrected chi connectivity index (χ1v) is 14.0. The number of aliphatic hydroxyl groups is 1. The predicted octanol–water partition coefficient (Wildman–Crippen LogP) is 4.33. The summed E-state index contributed by atoms with van der Waals surface area (Å²) in [6.07, 6.45) is 8.09. The minimum Gasteiger partial charge on any atom is -0.390 e. The van der Waals surface area contributed by atoms with E-state index in [9.17, 15) is 14.3 Å². The lowest BCUT2D eigenvalue weighted by Crippen LogP contribution is -2.51. The molecule has 0 spiro atoms. The van der Waals surface area contributed by atoms with E-state index >= 15 is 0 Å². The molecule has 1 amide bonds. The van der Waals surface area contributed by atoms with Gasteiger partial charge in [0.1, 0.15) is 12.8 Å². The number of aliphatic hydroxyl groups excluding tert-OH is 1. The minimum atomic E-state index is -0.732. The number of amides is 1. The van der Waals surface area contributed by atoms with Gasteiger partial charge in [-0.3, -0.25) is 9.69 Å². The van der Waals surface area contributed by atoms with Crippen LogP contribution in [0.2, 0.25) is 0 Å². The summed E-state index contributed by atoms with van der Waals surface area (Å²) in [5, 5.41) is 13.5. The molecule has 2 N–H and O–H groups in total. The third-order valence-electron chi connectivity index (χ3n) is 7.90. The van der Waals surface area contributed by atoms with Crippen molar-refractivity contribution < 1.29 is 19.0 Å². The maximum Gasteiger partial charge on any atom is 0.229 e. The van der Waals surface area contributed by atoms with Crippen molar-refractivity contribution in [2.75, 3.05) is 18.4 Å². The monoisotopic (exact) mass is 525 g/mol. The molecule has 1 aliphatic heterocycles. The van der Waals surface area contributed by atoms with Crippen molar-refractivity contribution in [3.05, 3.63) is 36.4 Å². The number of piperidine rings is 1. The number of benzene rings is 1. The first-order chi connectivity index (χ1) is 18.0. The molecule has 2 aromatic heterocycles. The van der Waals surface area contributed by atoms with Gasteiger partial charge in [-0.05, 0) is 69.2 Å². The second-order valence-electron chi connectivity index (χ2n) is 10.5. The number of anilines is 1. The summed E-state index contributed by atoms with van der Waals surface area (Å²) in [6.45, 7) is 1.73. The number of alkyl halides is 1. The van der Waals surface area contributed by atoms with Gasteiger partial charge in [-0.25, -0.2) is 19.3 Å². The van der Waals surface area contributed by atoms with Gasteiger partial charge < -0.3 is 15.2 Å². The van der Waals surface area contributed by atoms with E-state index in [2.05, 4.69) is 25.2 Å². The summed E-state index contributed by atoms with van der Waals surface area (Å²) in [6, 6.07) is 6.28. The second kappa shape index (κ2) is 10.7. The van der Waals surface area contributed by atoms with Crippen LogP contribution in [-0.2, 0) is 16.1 Å². The van der Waals surface area contributed by atoms with Gasteiger partial charge in [0.15, 0.2) is 11.0 Å². The number of hydrogen-bond acceptors (Lipinski definition) is 8. The largest absolute Gasteiger partial charge is 0.390 e. The Bertz CT molecular complexity index is 1250. The van der Waals surface area contributed by atoms with E-state index in [4.69, 9.17) is 4.74 Å². The van der Waals surface area contributed by atoms with Crippen LogP contribution in [0.15, 0.2) is 30.6 Å². The molecule has 2 aliphatic carbocycles. The zero-order chi connectivity index (χ0) is 25.4. The highest BCUT2D eigenvalue weighted by molar-refractivity contribution is 7.22. The molecule has 3 aromatic rings. The lowest BCUT2D eigenvalue weighted by molar-refractivity contribution is -0.124. The molecule has 3 fully saturated rings. The topological polar surface area (TPSA) is 100 Å². The number of carbonyl (C=O) groups is 1. The Balaban J connectivity index is 1.04. The molecular formula is C27H32FN5O3S. The highest BCUT2D eigenvalue weighted by atomic mass is 32.1. The van der Waals surface area contributed by atoms with Crippen LogP contribution in [0.5, 0.6) is 0 Å². The molecular weight excluding hydrogens is 493 g/mol. The quantitative estimate of drug-likeness (QED) is 0.473. The van der Waals surface area contributed by atoms with Crippen LogP contribution >= 0.6 is 11.3 Å². The number of fused-ring (bicyclic) bond motifs is 1. The number of nitrogens with one attached hydrogen (secondary N) is 1. The van der Waals surface area contributed by atoms with Crippen LogP contribution in [0.1, 0.15) is 50.8 Å². The number of hydrogen-bond donors (Lipinski definition) is 2. The average Bonchev–Trinajstić information content (AvgIpc) is 3.46. The van der Waals surface area contributed by atoms with E-state index in [0.29, 0.717) is 30.0 Å². The Kier molecular flexibility index (Phi) is 7.16. The van der Waals surface area contributed by atoms with Crippen molar-refractivity contribution >= 4 is 32.6 Å². The van der Waals surface area contributed by atoms with Gasteiger partial charge in [-0.2, -0.15) is 0 Å². The van der Waals surface area contributed by atoms with Crippen LogP contribution in [0.4, 0.5) is 9.52 Å². The van der Waals surface area contributed by atoms with Crippen molar-refractivity contribution in [1.29, 1.82) is 0 Å². The van der Waals surface area contributed by atoms with Crippen molar-refractivity contribution in [3.8, 4) is 11.1 Å². The number of carbonyl (C=O) groups excluding carboxylic acids is 1. The summed E-state index contributed by atoms with van der Waals surface area (Å²) in [4.78, 5) is 28.4. The van der Waals surface area contributed by atoms with E-state index in [1.54, 1.807) is 12.4 Å². The molecule has 10 heteroatoms. The van der Waals surface area contributed by atoms with Crippen molar-refractivity contribution in [3.63, 3.8) is 0 Å². The number of nitrogens with zero attached hydrogens (tertiary/aromatic N) is 4. The number of likely N-dealkylation sites (tertiary alicyclic amines) is 1. The minimum absolute atomic E-state index is 0.000618. The van der Waals surface area contributed by atoms with E-state index in [1.807, 2.05) is 18.2 Å². The van der Waals surface area contributed by atoms with Crippen LogP contribution in [0, 0.1) is 5.92 Å². The summed E-state index contributed by atoms with van der Waals surface area (Å²) in [7, 11) is 0. The standard InChI is InChI=1S/C27H32FN5O3S/c28-19-3-2-8-33(14-19)20-9-17(10-20)26(35)32-27-31-21-7-6-16(11-24(21)37-27)18-12-29-25(30-13-18)15-36-23-5-1-4-22(23)34/h6-7,11-13,17,19-20,22-23,34H,1-5,8-10,14-15H2,(H,31,32,35)/t17?,19-,20?,22-,23-/m0/s1. The van der Waals surface area contributed by atoms with Crippen LogP contribution in [-0.4, -0.2) is 68.4 Å². The highest BCUT2D eigenvalue weighted by Gasteiger charge is 2.39. The first kappa shape index (κ1) is 24.8. The molecule has 1 aromatic carbocycles. The van der Waals surface area contributed by atoms with Crippen molar-refractivity contribution in [1.82, 2.24) is 19.9 Å². The van der Waals surface area contributed by atoms with Gasteiger partial charge in [0.05, 0.1) is 22.4 Å². The van der Waals surface area contributed by atoms with Crippen molar-refractivity contribution in [2.24, 2.45) is 5.92 Å². The fourth-order valence-electron chi connectivity index (χ4n) is 5.61. The molecule has 0 unspecified atom stereocenters. The van der Waals surface area contributed by atoms with Crippen LogP contribution < -0.4 is 5.32 Å². The number of halogens is 1. The van der Waals surface area contributed by atoms with E-state index < -0.39 is 12.3 Å². The van der Waals surface area contributed by atoms with Crippen LogP contribution in [0.3, 0.4) is 0 Å². The lowest BCUT2D eigenvalue weighted by atomic mass is 9.78. The Hall–Kier alpha value is -2.53. The molecule has 3 aliphatic rings. The second-order valence-corrected chi connectivity index (χ2v) is 11.5. The fraction of sp³-hybridized carbons (Fsp3) is 0.556. The number of rotatable bonds is 7. The number of ether oxygens (including phenoxy) is 1. The lowest BCUT2D eigenvalue weighted by Gasteiger charge is -2.44. The van der Waals surface area contributed by atoms with Gasteiger partial charge in [0.25, 0.3) is 0 Å². The predicted molar refractivity (Wildman–Crippen MR) is 140 cm³/mol. The van der Waals surface area contributed by atoms with Gasteiger partial charge in [-0.1, -0.05) is 17.4 Å². The zero-order valence-corrected chi connectivity index (χ0v) is 21.5. The normalized spacial score (nSPS) is 28.3. The number of thiazole rings is 1. The Morgan fingerprint density at radius 1 is 1.16 bits per heavy atom. The molecule has 2 saturated carbocycles. The van der Waals surface area contributed by atoms with Gasteiger partial charge in [-0.15, -0.1) is 0 Å². The summed E-state index contributed by atoms with van der Waals surface area (Å²) in [5.74, 6) is 0.555. The molecule has 8 nitrogen and oxygen atoms in total. The number of aromatic nitrogens is 3. The molecule has 3 heterocycles. The van der Waals surface area contributed by atoms with Gasteiger partial charge in [0.2, 0.25) is 5.91 Å². The average molecular weight is 526 g/mol. The zero-order valence-electron chi connectivity index (χ0n) is 20.7. The molecule has 3 atom stereocenters. The third-order valence-corrected chi connectivity index (χ3v) is 8.83. The van der Waals surface area contributed by atoms with Crippen LogP contribution in [0.25, 0.3) is 21.3 Å². The van der Waals surface area contributed by atoms with Gasteiger partial charge >= 0.3 is 0 Å². The molecule has 0 radical (unpaired) electrons.